The molecule has 1 atom stereocenters. The first kappa shape index (κ1) is 12.5. The number of methoxy groups -OCH3 is 1. The van der Waals surface area contributed by atoms with E-state index in [0.717, 1.165) is 17.8 Å². The first-order chi connectivity index (χ1) is 9.29. The lowest BCUT2D eigenvalue weighted by molar-refractivity contribution is 0.0600. The van der Waals surface area contributed by atoms with Crippen LogP contribution in [0.5, 0.6) is 0 Å². The summed E-state index contributed by atoms with van der Waals surface area (Å²) in [7, 11) is 1.40. The van der Waals surface area contributed by atoms with Gasteiger partial charge in [-0.05, 0) is 30.7 Å². The maximum absolute atomic E-state index is 11.6. The van der Waals surface area contributed by atoms with Gasteiger partial charge in [-0.3, -0.25) is 0 Å². The smallest absolute Gasteiger partial charge is 0.339 e. The van der Waals surface area contributed by atoms with Gasteiger partial charge in [-0.1, -0.05) is 6.42 Å². The fourth-order valence-electron chi connectivity index (χ4n) is 2.43. The Bertz CT molecular complexity index is 603. The molecule has 3 rings (SSSR count). The van der Waals surface area contributed by atoms with Crippen molar-refractivity contribution in [3.8, 4) is 0 Å². The van der Waals surface area contributed by atoms with E-state index < -0.39 is 0 Å². The Morgan fingerprint density at radius 3 is 3.11 bits per heavy atom. The fourth-order valence-corrected chi connectivity index (χ4v) is 3.74. The molecule has 3 heterocycles. The quantitative estimate of drug-likeness (QED) is 0.791. The number of nitrogens with zero attached hydrogens (tertiary/aromatic N) is 2. The first-order valence-corrected chi connectivity index (χ1v) is 7.51. The lowest BCUT2D eigenvalue weighted by atomic mass is 10.2. The van der Waals surface area contributed by atoms with Crippen LogP contribution in [0.25, 0.3) is 5.52 Å². The molecule has 0 bridgehead atoms. The van der Waals surface area contributed by atoms with Gasteiger partial charge in [0.05, 0.1) is 29.6 Å². The van der Waals surface area contributed by atoms with Gasteiger partial charge >= 0.3 is 5.97 Å². The molecule has 2 aromatic heterocycles. The highest BCUT2D eigenvalue weighted by Crippen LogP contribution is 2.37. The number of carbonyl (C=O) groups excluding carboxylic acids is 1. The minimum Gasteiger partial charge on any atom is -0.465 e. The maximum Gasteiger partial charge on any atom is 0.339 e. The second-order valence-corrected chi connectivity index (χ2v) is 5.99. The summed E-state index contributed by atoms with van der Waals surface area (Å²) in [5.41, 5.74) is 1.59. The molecular formula is C14H16N2O2S. The topological polar surface area (TPSA) is 43.6 Å². The third kappa shape index (κ3) is 2.34. The lowest BCUT2D eigenvalue weighted by Crippen LogP contribution is -2.08. The van der Waals surface area contributed by atoms with Crippen molar-refractivity contribution in [1.82, 2.24) is 9.38 Å². The number of ether oxygens (including phenoxy) is 1. The summed E-state index contributed by atoms with van der Waals surface area (Å²) in [5, 5.41) is 0.434. The van der Waals surface area contributed by atoms with Crippen molar-refractivity contribution in [1.29, 1.82) is 0 Å². The number of carbonyl (C=O) groups is 1. The van der Waals surface area contributed by atoms with Gasteiger partial charge in [-0.15, -0.1) is 0 Å². The minimum absolute atomic E-state index is 0.308. The summed E-state index contributed by atoms with van der Waals surface area (Å²) in [6.07, 6.45) is 7.40. The molecular weight excluding hydrogens is 260 g/mol. The van der Waals surface area contributed by atoms with Crippen LogP contribution >= 0.6 is 11.8 Å². The summed E-state index contributed by atoms with van der Waals surface area (Å²) < 4.78 is 6.79. The first-order valence-electron chi connectivity index (χ1n) is 6.46. The zero-order valence-corrected chi connectivity index (χ0v) is 11.7. The number of thioether (sulfide) groups is 1. The molecule has 0 spiro atoms. The SMILES string of the molecule is COC(=O)c1ccc2cnc(C3CCCCS3)n2c1. The molecule has 1 fully saturated rings. The van der Waals surface area contributed by atoms with E-state index in [-0.39, 0.29) is 5.97 Å². The number of fused-ring (bicyclic) bond motifs is 1. The number of esters is 1. The van der Waals surface area contributed by atoms with E-state index in [9.17, 15) is 4.79 Å². The monoisotopic (exact) mass is 276 g/mol. The highest BCUT2D eigenvalue weighted by Gasteiger charge is 2.21. The Balaban J connectivity index is 2.02. The molecule has 1 aliphatic heterocycles. The van der Waals surface area contributed by atoms with Gasteiger partial charge in [-0.2, -0.15) is 11.8 Å². The molecule has 1 unspecified atom stereocenters. The van der Waals surface area contributed by atoms with Crippen LogP contribution in [0.3, 0.4) is 0 Å². The molecule has 0 saturated carbocycles. The van der Waals surface area contributed by atoms with Crippen molar-refractivity contribution in [3.05, 3.63) is 35.9 Å². The largest absolute Gasteiger partial charge is 0.465 e. The van der Waals surface area contributed by atoms with Gasteiger partial charge in [0.2, 0.25) is 0 Å². The second kappa shape index (κ2) is 5.25. The highest BCUT2D eigenvalue weighted by molar-refractivity contribution is 7.99. The van der Waals surface area contributed by atoms with Crippen molar-refractivity contribution in [2.24, 2.45) is 0 Å². The highest BCUT2D eigenvalue weighted by atomic mass is 32.2. The third-order valence-corrected chi connectivity index (χ3v) is 4.82. The van der Waals surface area contributed by atoms with Crippen molar-refractivity contribution >= 4 is 23.2 Å². The molecule has 1 saturated heterocycles. The van der Waals surface area contributed by atoms with Crippen molar-refractivity contribution < 1.29 is 9.53 Å². The number of hydrogen-bond acceptors (Lipinski definition) is 4. The molecule has 0 radical (unpaired) electrons. The lowest BCUT2D eigenvalue weighted by Gasteiger charge is -2.20. The van der Waals surface area contributed by atoms with Crippen molar-refractivity contribution in [2.45, 2.75) is 24.5 Å². The van der Waals surface area contributed by atoms with E-state index >= 15 is 0 Å². The Labute approximate surface area is 116 Å². The molecule has 19 heavy (non-hydrogen) atoms. The van der Waals surface area contributed by atoms with Crippen LogP contribution < -0.4 is 0 Å². The van der Waals surface area contributed by atoms with Crippen LogP contribution in [-0.2, 0) is 4.74 Å². The van der Waals surface area contributed by atoms with E-state index in [2.05, 4.69) is 4.98 Å². The second-order valence-electron chi connectivity index (χ2n) is 4.68. The summed E-state index contributed by atoms with van der Waals surface area (Å²) in [4.78, 5) is 16.1. The normalized spacial score (nSPS) is 19.5. The number of rotatable bonds is 2. The summed E-state index contributed by atoms with van der Waals surface area (Å²) in [5.74, 6) is 1.93. The number of aromatic nitrogens is 2. The molecule has 100 valence electrons. The van der Waals surface area contributed by atoms with Gasteiger partial charge in [0.25, 0.3) is 0 Å². The molecule has 0 aromatic carbocycles. The van der Waals surface area contributed by atoms with Gasteiger partial charge in [0.1, 0.15) is 5.82 Å². The summed E-state index contributed by atoms with van der Waals surface area (Å²) in [6, 6.07) is 3.69. The van der Waals surface area contributed by atoms with Gasteiger partial charge < -0.3 is 9.14 Å². The van der Waals surface area contributed by atoms with E-state index in [1.54, 1.807) is 6.07 Å². The van der Waals surface area contributed by atoms with Crippen LogP contribution in [0.1, 0.15) is 40.7 Å². The predicted molar refractivity (Wildman–Crippen MR) is 75.6 cm³/mol. The van der Waals surface area contributed by atoms with Crippen LogP contribution in [-0.4, -0.2) is 28.2 Å². The van der Waals surface area contributed by atoms with Crippen LogP contribution in [0.4, 0.5) is 0 Å². The van der Waals surface area contributed by atoms with Gasteiger partial charge in [0, 0.05) is 6.20 Å². The molecule has 2 aromatic rings. The number of pyridine rings is 1. The molecule has 0 amide bonds. The Hall–Kier alpha value is -1.49. The van der Waals surface area contributed by atoms with Crippen LogP contribution in [0, 0.1) is 0 Å². The zero-order chi connectivity index (χ0) is 13.2. The number of imidazole rings is 1. The molecule has 1 aliphatic rings. The Morgan fingerprint density at radius 2 is 2.37 bits per heavy atom. The van der Waals surface area contributed by atoms with Crippen LogP contribution in [0.2, 0.25) is 0 Å². The molecule has 0 aliphatic carbocycles. The molecule has 5 heteroatoms. The average molecular weight is 276 g/mol. The van der Waals surface area contributed by atoms with E-state index in [1.165, 1.54) is 25.7 Å². The van der Waals surface area contributed by atoms with E-state index in [1.807, 2.05) is 34.6 Å². The van der Waals surface area contributed by atoms with Gasteiger partial charge in [0.15, 0.2) is 0 Å². The summed E-state index contributed by atoms with van der Waals surface area (Å²) >= 11 is 1.96. The predicted octanol–water partition coefficient (Wildman–Crippen LogP) is 3.08. The van der Waals surface area contributed by atoms with Gasteiger partial charge in [-0.25, -0.2) is 9.78 Å². The number of hydrogen-bond donors (Lipinski definition) is 0. The van der Waals surface area contributed by atoms with Crippen LogP contribution in [0.15, 0.2) is 24.5 Å². The standard InChI is InChI=1S/C14H16N2O2S/c1-18-14(17)10-5-6-11-8-15-13(16(11)9-10)12-4-2-3-7-19-12/h5-6,8-9,12H,2-4,7H2,1H3. The third-order valence-electron chi connectivity index (χ3n) is 3.44. The molecule has 0 N–H and O–H groups in total. The van der Waals surface area contributed by atoms with E-state index in [0.29, 0.717) is 10.8 Å². The van der Waals surface area contributed by atoms with E-state index in [4.69, 9.17) is 4.74 Å². The molecule has 4 nitrogen and oxygen atoms in total. The average Bonchev–Trinajstić information content (AvgIpc) is 2.90. The van der Waals surface area contributed by atoms with Crippen molar-refractivity contribution in [3.63, 3.8) is 0 Å². The minimum atomic E-state index is -0.308. The van der Waals surface area contributed by atoms with Crippen molar-refractivity contribution in [2.75, 3.05) is 12.9 Å². The maximum atomic E-state index is 11.6. The Kier molecular flexibility index (Phi) is 3.46. The Morgan fingerprint density at radius 1 is 1.47 bits per heavy atom. The zero-order valence-electron chi connectivity index (χ0n) is 10.8. The summed E-state index contributed by atoms with van der Waals surface area (Å²) in [6.45, 7) is 0. The fraction of sp³-hybridized carbons (Fsp3) is 0.429.